The molecule has 1 aliphatic rings. The zero-order valence-electron chi connectivity index (χ0n) is 17.9. The summed E-state index contributed by atoms with van der Waals surface area (Å²) in [6, 6.07) is 26.2. The molecule has 1 saturated heterocycles. The van der Waals surface area contributed by atoms with Crippen LogP contribution >= 0.6 is 11.6 Å². The van der Waals surface area contributed by atoms with Crippen molar-refractivity contribution in [2.24, 2.45) is 0 Å². The van der Waals surface area contributed by atoms with Gasteiger partial charge in [-0.05, 0) is 54.6 Å². The van der Waals surface area contributed by atoms with Crippen LogP contribution in [0.5, 0.6) is 5.75 Å². The lowest BCUT2D eigenvalue weighted by Gasteiger charge is -2.36. The van der Waals surface area contributed by atoms with Crippen molar-refractivity contribution in [3.05, 3.63) is 95.6 Å². The fraction of sp³-hybridized carbons (Fsp3) is 0.154. The van der Waals surface area contributed by atoms with Crippen LogP contribution in [0, 0.1) is 0 Å². The Kier molecular flexibility index (Phi) is 5.75. The summed E-state index contributed by atoms with van der Waals surface area (Å²) in [5, 5.41) is 14.9. The van der Waals surface area contributed by atoms with Crippen molar-refractivity contribution in [1.82, 2.24) is 14.7 Å². The molecule has 0 bridgehead atoms. The van der Waals surface area contributed by atoms with E-state index in [1.54, 1.807) is 16.8 Å². The normalized spacial score (nSPS) is 13.8. The molecule has 33 heavy (non-hydrogen) atoms. The van der Waals surface area contributed by atoms with E-state index in [9.17, 15) is 9.90 Å². The van der Waals surface area contributed by atoms with Crippen molar-refractivity contribution < 1.29 is 9.90 Å². The van der Waals surface area contributed by atoms with Crippen LogP contribution in [0.2, 0.25) is 5.02 Å². The molecule has 0 unspecified atom stereocenters. The number of halogens is 1. The van der Waals surface area contributed by atoms with Crippen molar-refractivity contribution in [3.63, 3.8) is 0 Å². The number of hydrogen-bond acceptors (Lipinski definition) is 4. The third-order valence-corrected chi connectivity index (χ3v) is 6.10. The van der Waals surface area contributed by atoms with E-state index < -0.39 is 0 Å². The van der Waals surface area contributed by atoms with Gasteiger partial charge >= 0.3 is 0 Å². The number of phenols is 1. The van der Waals surface area contributed by atoms with Gasteiger partial charge in [-0.1, -0.05) is 41.9 Å². The summed E-state index contributed by atoms with van der Waals surface area (Å²) in [6.07, 6.45) is 0. The smallest absolute Gasteiger partial charge is 0.272 e. The molecule has 7 heteroatoms. The molecule has 0 radical (unpaired) electrons. The van der Waals surface area contributed by atoms with Crippen LogP contribution in [0.15, 0.2) is 84.9 Å². The van der Waals surface area contributed by atoms with Gasteiger partial charge < -0.3 is 14.9 Å². The Morgan fingerprint density at radius 2 is 1.48 bits per heavy atom. The maximum Gasteiger partial charge on any atom is 0.272 e. The number of rotatable bonds is 4. The summed E-state index contributed by atoms with van der Waals surface area (Å²) in [5.74, 6) is 0.204. The van der Waals surface area contributed by atoms with E-state index in [2.05, 4.69) is 4.90 Å². The predicted octanol–water partition coefficient (Wildman–Crippen LogP) is 4.86. The lowest BCUT2D eigenvalue weighted by Crippen LogP contribution is -2.49. The fourth-order valence-electron chi connectivity index (χ4n) is 4.05. The van der Waals surface area contributed by atoms with Crippen molar-refractivity contribution in [3.8, 4) is 22.7 Å². The van der Waals surface area contributed by atoms with Gasteiger partial charge in [0.1, 0.15) is 11.4 Å². The number of amides is 1. The van der Waals surface area contributed by atoms with Gasteiger partial charge in [-0.2, -0.15) is 5.10 Å². The topological polar surface area (TPSA) is 61.6 Å². The molecule has 0 saturated carbocycles. The Morgan fingerprint density at radius 1 is 0.818 bits per heavy atom. The number of piperazine rings is 1. The van der Waals surface area contributed by atoms with Crippen molar-refractivity contribution in [2.45, 2.75) is 0 Å². The maximum atomic E-state index is 13.6. The number of para-hydroxylation sites is 1. The van der Waals surface area contributed by atoms with Crippen molar-refractivity contribution >= 4 is 23.2 Å². The first kappa shape index (κ1) is 21.1. The molecular formula is C26H23ClN4O2. The standard InChI is InChI=1S/C26H23ClN4O2/c27-20-8-6-19(7-9-20)24-18-25(31(28-24)22-4-2-1-3-5-22)26(33)30-16-14-29(15-17-30)21-10-12-23(32)13-11-21/h1-13,18,32H,14-17H2. The number of hydrogen-bond donors (Lipinski definition) is 1. The average molecular weight is 459 g/mol. The highest BCUT2D eigenvalue weighted by Gasteiger charge is 2.26. The summed E-state index contributed by atoms with van der Waals surface area (Å²) in [5.41, 5.74) is 4.04. The number of phenolic OH excluding ortho intramolecular Hbond substituents is 1. The molecule has 4 aromatic rings. The van der Waals surface area contributed by atoms with E-state index >= 15 is 0 Å². The Bertz CT molecular complexity index is 1250. The van der Waals surface area contributed by atoms with Crippen LogP contribution in [-0.4, -0.2) is 51.9 Å². The average Bonchev–Trinajstić information content (AvgIpc) is 3.31. The molecule has 2 heterocycles. The number of nitrogens with zero attached hydrogens (tertiary/aromatic N) is 4. The highest BCUT2D eigenvalue weighted by Crippen LogP contribution is 2.25. The first-order valence-corrected chi connectivity index (χ1v) is 11.2. The highest BCUT2D eigenvalue weighted by atomic mass is 35.5. The molecule has 1 aromatic heterocycles. The van der Waals surface area contributed by atoms with Gasteiger partial charge in [0.2, 0.25) is 0 Å². The number of aromatic nitrogens is 2. The second-order valence-electron chi connectivity index (χ2n) is 7.96. The zero-order chi connectivity index (χ0) is 22.8. The van der Waals surface area contributed by atoms with Crippen LogP contribution in [0.25, 0.3) is 16.9 Å². The van der Waals surface area contributed by atoms with Crippen LogP contribution in [0.1, 0.15) is 10.5 Å². The quantitative estimate of drug-likeness (QED) is 0.474. The molecule has 0 spiro atoms. The van der Waals surface area contributed by atoms with Gasteiger partial charge in [0.05, 0.1) is 11.4 Å². The SMILES string of the molecule is O=C(c1cc(-c2ccc(Cl)cc2)nn1-c1ccccc1)N1CCN(c2ccc(O)cc2)CC1. The summed E-state index contributed by atoms with van der Waals surface area (Å²) in [6.45, 7) is 2.66. The number of benzene rings is 3. The van der Waals surface area contributed by atoms with Crippen molar-refractivity contribution in [1.29, 1.82) is 0 Å². The number of carbonyl (C=O) groups is 1. The van der Waals surface area contributed by atoms with Crippen LogP contribution < -0.4 is 4.90 Å². The maximum absolute atomic E-state index is 13.6. The van der Waals surface area contributed by atoms with Gasteiger partial charge in [0.25, 0.3) is 5.91 Å². The molecule has 0 aliphatic carbocycles. The van der Waals surface area contributed by atoms with Gasteiger partial charge in [0.15, 0.2) is 0 Å². The second-order valence-corrected chi connectivity index (χ2v) is 8.40. The highest BCUT2D eigenvalue weighted by molar-refractivity contribution is 6.30. The first-order valence-electron chi connectivity index (χ1n) is 10.8. The van der Waals surface area contributed by atoms with E-state index in [4.69, 9.17) is 16.7 Å². The van der Waals surface area contributed by atoms with Crippen LogP contribution in [0.4, 0.5) is 5.69 Å². The molecular weight excluding hydrogens is 436 g/mol. The summed E-state index contributed by atoms with van der Waals surface area (Å²) in [4.78, 5) is 17.7. The lowest BCUT2D eigenvalue weighted by molar-refractivity contribution is 0.0737. The fourth-order valence-corrected chi connectivity index (χ4v) is 4.18. The van der Waals surface area contributed by atoms with Gasteiger partial charge in [-0.15, -0.1) is 0 Å². The molecule has 1 amide bonds. The first-order chi connectivity index (χ1) is 16.1. The number of aromatic hydroxyl groups is 1. The monoisotopic (exact) mass is 458 g/mol. The molecule has 1 aliphatic heterocycles. The second kappa shape index (κ2) is 9.00. The van der Waals surface area contributed by atoms with Gasteiger partial charge in [-0.3, -0.25) is 4.79 Å². The summed E-state index contributed by atoms with van der Waals surface area (Å²) < 4.78 is 1.72. The van der Waals surface area contributed by atoms with E-state index in [-0.39, 0.29) is 11.7 Å². The van der Waals surface area contributed by atoms with Gasteiger partial charge in [-0.25, -0.2) is 4.68 Å². The minimum Gasteiger partial charge on any atom is -0.508 e. The zero-order valence-corrected chi connectivity index (χ0v) is 18.7. The van der Waals surface area contributed by atoms with Crippen molar-refractivity contribution in [2.75, 3.05) is 31.1 Å². The molecule has 5 rings (SSSR count). The van der Waals surface area contributed by atoms with E-state index in [0.717, 1.165) is 35.7 Å². The minimum atomic E-state index is -0.0445. The Labute approximate surface area is 197 Å². The Morgan fingerprint density at radius 3 is 2.15 bits per heavy atom. The molecule has 166 valence electrons. The Balaban J connectivity index is 1.41. The molecule has 6 nitrogen and oxygen atoms in total. The third kappa shape index (κ3) is 4.43. The summed E-state index contributed by atoms with van der Waals surface area (Å²) >= 11 is 6.04. The van der Waals surface area contributed by atoms with E-state index in [1.807, 2.05) is 77.7 Å². The van der Waals surface area contributed by atoms with Crippen LogP contribution in [-0.2, 0) is 0 Å². The summed E-state index contributed by atoms with van der Waals surface area (Å²) in [7, 11) is 0. The number of anilines is 1. The predicted molar refractivity (Wildman–Crippen MR) is 130 cm³/mol. The lowest BCUT2D eigenvalue weighted by atomic mass is 10.1. The largest absolute Gasteiger partial charge is 0.508 e. The molecule has 1 fully saturated rings. The Hall–Kier alpha value is -3.77. The minimum absolute atomic E-state index is 0.0445. The van der Waals surface area contributed by atoms with E-state index in [0.29, 0.717) is 23.8 Å². The van der Waals surface area contributed by atoms with E-state index in [1.165, 1.54) is 0 Å². The third-order valence-electron chi connectivity index (χ3n) is 5.85. The molecule has 3 aromatic carbocycles. The molecule has 1 N–H and O–H groups in total. The molecule has 0 atom stereocenters. The van der Waals surface area contributed by atoms with Crippen LogP contribution in [0.3, 0.4) is 0 Å². The number of carbonyl (C=O) groups excluding carboxylic acids is 1. The van der Waals surface area contributed by atoms with Gasteiger partial charge in [0, 0.05) is 42.5 Å².